The summed E-state index contributed by atoms with van der Waals surface area (Å²) in [6.45, 7) is 4.04. The van der Waals surface area contributed by atoms with Gasteiger partial charge in [0.2, 0.25) is 0 Å². The molecule has 0 radical (unpaired) electrons. The Labute approximate surface area is 118 Å². The zero-order valence-corrected chi connectivity index (χ0v) is 12.5. The molecule has 5 nitrogen and oxygen atoms in total. The molecule has 6 heteroatoms. The lowest BCUT2D eigenvalue weighted by Crippen LogP contribution is -2.53. The van der Waals surface area contributed by atoms with Crippen LogP contribution in [0.25, 0.3) is 0 Å². The van der Waals surface area contributed by atoms with Gasteiger partial charge in [-0.05, 0) is 25.5 Å². The zero-order chi connectivity index (χ0) is 14.3. The lowest BCUT2D eigenvalue weighted by molar-refractivity contribution is -0.138. The third-order valence-corrected chi connectivity index (χ3v) is 4.52. The topological polar surface area (TPSA) is 78.4 Å². The van der Waals surface area contributed by atoms with Crippen LogP contribution < -0.4 is 10.6 Å². The van der Waals surface area contributed by atoms with Crippen molar-refractivity contribution in [2.75, 3.05) is 11.5 Å². The van der Waals surface area contributed by atoms with Gasteiger partial charge in [-0.1, -0.05) is 19.8 Å². The van der Waals surface area contributed by atoms with Crippen LogP contribution in [0, 0.1) is 0 Å². The third-order valence-electron chi connectivity index (χ3n) is 3.38. The first-order valence-corrected chi connectivity index (χ1v) is 8.01. The molecule has 1 aliphatic carbocycles. The Morgan fingerprint density at radius 3 is 2.53 bits per heavy atom. The first-order valence-electron chi connectivity index (χ1n) is 6.85. The van der Waals surface area contributed by atoms with E-state index in [0.717, 1.165) is 37.2 Å². The highest BCUT2D eigenvalue weighted by Gasteiger charge is 2.37. The van der Waals surface area contributed by atoms with Crippen molar-refractivity contribution in [1.82, 2.24) is 10.6 Å². The maximum Gasteiger partial charge on any atom is 0.315 e. The highest BCUT2D eigenvalue weighted by atomic mass is 32.2. The molecule has 110 valence electrons. The average molecular weight is 288 g/mol. The highest BCUT2D eigenvalue weighted by Crippen LogP contribution is 2.32. The Morgan fingerprint density at radius 2 is 2.00 bits per heavy atom. The van der Waals surface area contributed by atoms with Crippen LogP contribution in [0.1, 0.15) is 46.0 Å². The lowest BCUT2D eigenvalue weighted by atomic mass is 9.93. The number of aliphatic carboxylic acids is 1. The molecule has 1 atom stereocenters. The van der Waals surface area contributed by atoms with Crippen LogP contribution in [-0.4, -0.2) is 40.2 Å². The van der Waals surface area contributed by atoms with Crippen molar-refractivity contribution in [2.45, 2.75) is 57.5 Å². The second kappa shape index (κ2) is 7.62. The minimum Gasteiger partial charge on any atom is -0.481 e. The maximum atomic E-state index is 11.9. The third kappa shape index (κ3) is 5.72. The molecule has 0 aliphatic heterocycles. The molecule has 3 N–H and O–H groups in total. The summed E-state index contributed by atoms with van der Waals surface area (Å²) in [7, 11) is 0. The van der Waals surface area contributed by atoms with E-state index >= 15 is 0 Å². The molecule has 0 aromatic rings. The van der Waals surface area contributed by atoms with E-state index < -0.39 is 11.5 Å². The zero-order valence-electron chi connectivity index (χ0n) is 11.7. The molecular weight excluding hydrogens is 264 g/mol. The molecule has 1 unspecified atom stereocenters. The Bertz CT molecular complexity index is 317. The first-order chi connectivity index (χ1) is 8.97. The smallest absolute Gasteiger partial charge is 0.315 e. The normalized spacial score (nSPS) is 18.8. The summed E-state index contributed by atoms with van der Waals surface area (Å²) in [5.74, 6) is 1.05. The van der Waals surface area contributed by atoms with Gasteiger partial charge in [0, 0.05) is 11.8 Å². The van der Waals surface area contributed by atoms with E-state index in [1.807, 2.05) is 6.92 Å². The standard InChI is InChI=1S/C13H24N2O3S/c1-3-19-9-10(2)14-12(18)15-13(8-11(16)17)6-4-5-7-13/h10H,3-9H2,1-2H3,(H,16,17)(H2,14,15,18). The van der Waals surface area contributed by atoms with Crippen molar-refractivity contribution in [1.29, 1.82) is 0 Å². The SMILES string of the molecule is CCSCC(C)NC(=O)NC1(CC(=O)O)CCCC1. The van der Waals surface area contributed by atoms with Gasteiger partial charge < -0.3 is 15.7 Å². The van der Waals surface area contributed by atoms with Crippen LogP contribution in [0.3, 0.4) is 0 Å². The van der Waals surface area contributed by atoms with Gasteiger partial charge >= 0.3 is 12.0 Å². The number of thioether (sulfide) groups is 1. The lowest BCUT2D eigenvalue weighted by Gasteiger charge is -2.29. The number of carbonyl (C=O) groups is 2. The summed E-state index contributed by atoms with van der Waals surface area (Å²) in [6.07, 6.45) is 3.48. The molecule has 0 aromatic heterocycles. The van der Waals surface area contributed by atoms with Gasteiger partial charge in [-0.3, -0.25) is 4.79 Å². The minimum absolute atomic E-state index is 0.0124. The number of nitrogens with one attached hydrogen (secondary N) is 2. The van der Waals surface area contributed by atoms with Crippen molar-refractivity contribution in [3.63, 3.8) is 0 Å². The number of urea groups is 1. The number of carboxylic acids is 1. The fraction of sp³-hybridized carbons (Fsp3) is 0.846. The molecule has 0 saturated heterocycles. The van der Waals surface area contributed by atoms with E-state index in [4.69, 9.17) is 5.11 Å². The van der Waals surface area contributed by atoms with Crippen molar-refractivity contribution in [3.8, 4) is 0 Å². The monoisotopic (exact) mass is 288 g/mol. The van der Waals surface area contributed by atoms with Crippen LogP contribution in [0.15, 0.2) is 0 Å². The molecule has 1 rings (SSSR count). The molecule has 1 saturated carbocycles. The van der Waals surface area contributed by atoms with Crippen LogP contribution >= 0.6 is 11.8 Å². The fourth-order valence-corrected chi connectivity index (χ4v) is 3.20. The van der Waals surface area contributed by atoms with E-state index in [0.29, 0.717) is 0 Å². The van der Waals surface area contributed by atoms with Gasteiger partial charge in [0.05, 0.1) is 12.0 Å². The second-order valence-corrected chi connectivity index (χ2v) is 6.54. The van der Waals surface area contributed by atoms with E-state index in [9.17, 15) is 9.59 Å². The number of rotatable bonds is 7. The van der Waals surface area contributed by atoms with Crippen LogP contribution in [-0.2, 0) is 4.79 Å². The molecule has 1 aliphatic rings. The molecule has 0 spiro atoms. The van der Waals surface area contributed by atoms with Gasteiger partial charge in [0.25, 0.3) is 0 Å². The van der Waals surface area contributed by atoms with Crippen molar-refractivity contribution < 1.29 is 14.7 Å². The molecular formula is C13H24N2O3S. The molecule has 1 fully saturated rings. The average Bonchev–Trinajstić information content (AvgIpc) is 2.73. The summed E-state index contributed by atoms with van der Waals surface area (Å²) in [5.41, 5.74) is -0.548. The Balaban J connectivity index is 2.45. The first kappa shape index (κ1) is 16.1. The van der Waals surface area contributed by atoms with Gasteiger partial charge in [0.1, 0.15) is 0 Å². The minimum atomic E-state index is -0.850. The second-order valence-electron chi connectivity index (χ2n) is 5.22. The number of carbonyl (C=O) groups excluding carboxylic acids is 1. The molecule has 0 heterocycles. The van der Waals surface area contributed by atoms with Crippen LogP contribution in [0.2, 0.25) is 0 Å². The Kier molecular flexibility index (Phi) is 6.48. The number of hydrogen-bond acceptors (Lipinski definition) is 3. The maximum absolute atomic E-state index is 11.9. The van der Waals surface area contributed by atoms with Crippen LogP contribution in [0.5, 0.6) is 0 Å². The summed E-state index contributed by atoms with van der Waals surface area (Å²) < 4.78 is 0. The van der Waals surface area contributed by atoms with E-state index in [-0.39, 0.29) is 18.5 Å². The van der Waals surface area contributed by atoms with E-state index in [1.54, 1.807) is 11.8 Å². The van der Waals surface area contributed by atoms with Gasteiger partial charge in [0.15, 0.2) is 0 Å². The largest absolute Gasteiger partial charge is 0.481 e. The van der Waals surface area contributed by atoms with Crippen molar-refractivity contribution >= 4 is 23.8 Å². The fourth-order valence-electron chi connectivity index (χ4n) is 2.52. The Hall–Kier alpha value is -0.910. The molecule has 0 aromatic carbocycles. The molecule has 0 bridgehead atoms. The van der Waals surface area contributed by atoms with E-state index in [1.165, 1.54) is 0 Å². The predicted molar refractivity (Wildman–Crippen MR) is 77.6 cm³/mol. The van der Waals surface area contributed by atoms with Crippen molar-refractivity contribution in [3.05, 3.63) is 0 Å². The van der Waals surface area contributed by atoms with Crippen LogP contribution in [0.4, 0.5) is 4.79 Å². The van der Waals surface area contributed by atoms with Gasteiger partial charge in [-0.15, -0.1) is 0 Å². The Morgan fingerprint density at radius 1 is 1.37 bits per heavy atom. The van der Waals surface area contributed by atoms with Gasteiger partial charge in [-0.2, -0.15) is 11.8 Å². The van der Waals surface area contributed by atoms with Gasteiger partial charge in [-0.25, -0.2) is 4.79 Å². The number of carboxylic acid groups (broad SMARTS) is 1. The highest BCUT2D eigenvalue weighted by molar-refractivity contribution is 7.99. The summed E-state index contributed by atoms with van der Waals surface area (Å²) in [6, 6.07) is -0.152. The van der Waals surface area contributed by atoms with Crippen molar-refractivity contribution in [2.24, 2.45) is 0 Å². The summed E-state index contributed by atoms with van der Waals surface area (Å²) in [4.78, 5) is 22.9. The quantitative estimate of drug-likeness (QED) is 0.671. The summed E-state index contributed by atoms with van der Waals surface area (Å²) >= 11 is 1.77. The summed E-state index contributed by atoms with van der Waals surface area (Å²) in [5, 5.41) is 14.7. The molecule has 2 amide bonds. The number of hydrogen-bond donors (Lipinski definition) is 3. The van der Waals surface area contributed by atoms with E-state index in [2.05, 4.69) is 17.6 Å². The molecule has 19 heavy (non-hydrogen) atoms. The predicted octanol–water partition coefficient (Wildman–Crippen LogP) is 2.21. The number of amides is 2.